The second-order valence-electron chi connectivity index (χ2n) is 10.1. The lowest BCUT2D eigenvalue weighted by Gasteiger charge is -2.39. The molecule has 3 atom stereocenters. The molecule has 2 rings (SSSR count). The van der Waals surface area contributed by atoms with Crippen molar-refractivity contribution in [1.82, 2.24) is 4.90 Å². The summed E-state index contributed by atoms with van der Waals surface area (Å²) >= 11 is 0. The van der Waals surface area contributed by atoms with Gasteiger partial charge in [-0.2, -0.15) is 0 Å². The summed E-state index contributed by atoms with van der Waals surface area (Å²) in [6, 6.07) is 0. The van der Waals surface area contributed by atoms with Gasteiger partial charge in [0.2, 0.25) is 0 Å². The molecule has 0 aliphatic carbocycles. The molecule has 2 saturated heterocycles. The van der Waals surface area contributed by atoms with Gasteiger partial charge in [-0.3, -0.25) is 4.90 Å². The lowest BCUT2D eigenvalue weighted by molar-refractivity contribution is -0.154. The quantitative estimate of drug-likeness (QED) is 0.420. The van der Waals surface area contributed by atoms with Gasteiger partial charge in [0.05, 0.1) is 20.9 Å². The average Bonchev–Trinajstić information content (AvgIpc) is 3.16. The minimum atomic E-state index is -1.83. The Morgan fingerprint density at radius 2 is 1.73 bits per heavy atom. The SMILES string of the molecule is COC(=O)[C@@]1([C@H]2O[C@@H]2[Si](C)(C)C(C)(C)C)CCCN1C(=O)OC(C)(C)C. The zero-order valence-electron chi connectivity index (χ0n) is 17.8. The maximum Gasteiger partial charge on any atom is 0.411 e. The molecular weight excluding hydrogens is 350 g/mol. The van der Waals surface area contributed by atoms with Crippen LogP contribution >= 0.6 is 0 Å². The van der Waals surface area contributed by atoms with Crippen molar-refractivity contribution in [3.63, 3.8) is 0 Å². The first-order valence-corrected chi connectivity index (χ1v) is 12.5. The van der Waals surface area contributed by atoms with Crippen molar-refractivity contribution in [3.8, 4) is 0 Å². The lowest BCUT2D eigenvalue weighted by Crippen LogP contribution is -2.60. The fourth-order valence-electron chi connectivity index (χ4n) is 3.66. The summed E-state index contributed by atoms with van der Waals surface area (Å²) in [6.45, 7) is 17.2. The van der Waals surface area contributed by atoms with E-state index in [0.29, 0.717) is 13.0 Å². The first-order chi connectivity index (χ1) is 11.7. The summed E-state index contributed by atoms with van der Waals surface area (Å²) in [5, 5.41) is 0.124. The molecule has 2 aliphatic heterocycles. The average molecular weight is 386 g/mol. The Morgan fingerprint density at radius 1 is 1.15 bits per heavy atom. The van der Waals surface area contributed by atoms with Crippen molar-refractivity contribution in [2.45, 2.75) is 95.5 Å². The van der Waals surface area contributed by atoms with Gasteiger partial charge in [-0.15, -0.1) is 0 Å². The number of hydrogen-bond donors (Lipinski definition) is 0. The summed E-state index contributed by atoms with van der Waals surface area (Å²) in [4.78, 5) is 27.3. The molecule has 150 valence electrons. The molecule has 2 fully saturated rings. The number of epoxide rings is 1. The van der Waals surface area contributed by atoms with Crippen LogP contribution in [0.3, 0.4) is 0 Å². The Hall–Kier alpha value is -1.08. The van der Waals surface area contributed by atoms with E-state index in [4.69, 9.17) is 14.2 Å². The number of nitrogens with zero attached hydrogens (tertiary/aromatic N) is 1. The van der Waals surface area contributed by atoms with Gasteiger partial charge in [-0.1, -0.05) is 33.9 Å². The Morgan fingerprint density at radius 3 is 2.19 bits per heavy atom. The van der Waals surface area contributed by atoms with E-state index in [2.05, 4.69) is 33.9 Å². The highest BCUT2D eigenvalue weighted by atomic mass is 28.3. The van der Waals surface area contributed by atoms with Gasteiger partial charge in [0.25, 0.3) is 0 Å². The molecular formula is C19H35NO5Si. The van der Waals surface area contributed by atoms with Gasteiger partial charge in [-0.05, 0) is 38.7 Å². The Labute approximate surface area is 158 Å². The standard InChI is InChI=1S/C19H35NO5Si/c1-17(2,3)25-16(22)20-12-10-11-19(20,15(21)23-7)13-14(24-13)26(8,9)18(4,5)6/h13-14H,10-12H2,1-9H3/t13-,14+,19-/m0/s1. The smallest absolute Gasteiger partial charge is 0.411 e. The van der Waals surface area contributed by atoms with Crippen molar-refractivity contribution >= 4 is 20.1 Å². The molecule has 0 aromatic carbocycles. The molecule has 2 heterocycles. The maximum absolute atomic E-state index is 12.9. The normalized spacial score (nSPS) is 29.5. The fourth-order valence-corrected chi connectivity index (χ4v) is 6.04. The van der Waals surface area contributed by atoms with Crippen molar-refractivity contribution < 1.29 is 23.8 Å². The highest BCUT2D eigenvalue weighted by Gasteiger charge is 2.70. The van der Waals surface area contributed by atoms with Crippen LogP contribution in [-0.2, 0) is 19.0 Å². The number of rotatable bonds is 3. The minimum absolute atomic E-state index is 0.0182. The van der Waals surface area contributed by atoms with E-state index in [1.807, 2.05) is 20.8 Å². The molecule has 0 radical (unpaired) electrons. The van der Waals surface area contributed by atoms with Gasteiger partial charge in [0.15, 0.2) is 5.54 Å². The van der Waals surface area contributed by atoms with Crippen LogP contribution in [0.5, 0.6) is 0 Å². The molecule has 0 saturated carbocycles. The van der Waals surface area contributed by atoms with E-state index >= 15 is 0 Å². The Kier molecular flexibility index (Phi) is 5.32. The molecule has 0 bridgehead atoms. The second-order valence-corrected chi connectivity index (χ2v) is 15.6. The molecule has 0 spiro atoms. The van der Waals surface area contributed by atoms with Crippen LogP contribution in [0.25, 0.3) is 0 Å². The molecule has 2 aliphatic rings. The van der Waals surface area contributed by atoms with Gasteiger partial charge >= 0.3 is 12.1 Å². The monoisotopic (exact) mass is 385 g/mol. The highest BCUT2D eigenvalue weighted by molar-refractivity contribution is 6.82. The molecule has 0 aromatic rings. The number of methoxy groups -OCH3 is 1. The van der Waals surface area contributed by atoms with Crippen LogP contribution in [0.1, 0.15) is 54.4 Å². The number of carbonyl (C=O) groups is 2. The number of likely N-dealkylation sites (tertiary alicyclic amines) is 1. The van der Waals surface area contributed by atoms with Gasteiger partial charge in [0, 0.05) is 6.54 Å². The van der Waals surface area contributed by atoms with E-state index in [-0.39, 0.29) is 16.9 Å². The van der Waals surface area contributed by atoms with Crippen molar-refractivity contribution in [1.29, 1.82) is 0 Å². The summed E-state index contributed by atoms with van der Waals surface area (Å²) in [7, 11) is -0.453. The molecule has 7 heteroatoms. The molecule has 6 nitrogen and oxygen atoms in total. The van der Waals surface area contributed by atoms with Crippen LogP contribution in [0, 0.1) is 0 Å². The first-order valence-electron chi connectivity index (χ1n) is 9.43. The van der Waals surface area contributed by atoms with Gasteiger partial charge in [0.1, 0.15) is 11.7 Å². The zero-order chi connectivity index (χ0) is 20.1. The van der Waals surface area contributed by atoms with E-state index in [1.165, 1.54) is 7.11 Å². The number of hydrogen-bond acceptors (Lipinski definition) is 5. The van der Waals surface area contributed by atoms with Crippen LogP contribution in [0.4, 0.5) is 4.79 Å². The first kappa shape index (κ1) is 21.2. The van der Waals surface area contributed by atoms with E-state index in [9.17, 15) is 9.59 Å². The van der Waals surface area contributed by atoms with E-state index < -0.39 is 31.3 Å². The summed E-state index contributed by atoms with van der Waals surface area (Å²) in [6.07, 6.45) is 0.503. The van der Waals surface area contributed by atoms with Crippen LogP contribution in [0.15, 0.2) is 0 Å². The van der Waals surface area contributed by atoms with Crippen LogP contribution in [0.2, 0.25) is 18.1 Å². The maximum atomic E-state index is 12.9. The molecule has 0 unspecified atom stereocenters. The van der Waals surface area contributed by atoms with Crippen molar-refractivity contribution in [3.05, 3.63) is 0 Å². The summed E-state index contributed by atoms with van der Waals surface area (Å²) in [5.74, 6) is -0.396. The van der Waals surface area contributed by atoms with Gasteiger partial charge < -0.3 is 14.2 Å². The molecule has 1 amide bonds. The van der Waals surface area contributed by atoms with Crippen molar-refractivity contribution in [2.24, 2.45) is 0 Å². The third-order valence-electron chi connectivity index (χ3n) is 6.18. The molecule has 26 heavy (non-hydrogen) atoms. The minimum Gasteiger partial charge on any atom is -0.467 e. The predicted octanol–water partition coefficient (Wildman–Crippen LogP) is 3.74. The number of amides is 1. The third-order valence-corrected chi connectivity index (χ3v) is 11.9. The van der Waals surface area contributed by atoms with E-state index in [0.717, 1.165) is 6.42 Å². The summed E-state index contributed by atoms with van der Waals surface area (Å²) in [5.41, 5.74) is -1.67. The summed E-state index contributed by atoms with van der Waals surface area (Å²) < 4.78 is 16.9. The Bertz CT molecular complexity index is 577. The predicted molar refractivity (Wildman–Crippen MR) is 103 cm³/mol. The van der Waals surface area contributed by atoms with Gasteiger partial charge in [-0.25, -0.2) is 9.59 Å². The fraction of sp³-hybridized carbons (Fsp3) is 0.895. The van der Waals surface area contributed by atoms with Crippen molar-refractivity contribution in [2.75, 3.05) is 13.7 Å². The van der Waals surface area contributed by atoms with E-state index in [1.54, 1.807) is 4.90 Å². The Balaban J connectivity index is 2.36. The number of carbonyl (C=O) groups excluding carboxylic acids is 2. The van der Waals surface area contributed by atoms with Crippen LogP contribution < -0.4 is 0 Å². The van der Waals surface area contributed by atoms with Crippen LogP contribution in [-0.4, -0.2) is 61.7 Å². The lowest BCUT2D eigenvalue weighted by atomic mass is 9.92. The third kappa shape index (κ3) is 3.52. The zero-order valence-corrected chi connectivity index (χ0v) is 18.8. The molecule has 0 N–H and O–H groups in total. The number of ether oxygens (including phenoxy) is 3. The molecule has 0 aromatic heterocycles. The highest BCUT2D eigenvalue weighted by Crippen LogP contribution is 2.52. The largest absolute Gasteiger partial charge is 0.467 e. The topological polar surface area (TPSA) is 68.4 Å². The second kappa shape index (κ2) is 6.51. The number of esters is 1.